The fourth-order valence-corrected chi connectivity index (χ4v) is 4.08. The molecule has 11 nitrogen and oxygen atoms in total. The molecule has 1 aliphatic rings. The smallest absolute Gasteiger partial charge is 0.326 e. The monoisotopic (exact) mass is 484 g/mol. The molecule has 1 saturated heterocycles. The van der Waals surface area contributed by atoms with Gasteiger partial charge in [0, 0.05) is 6.54 Å². The lowest BCUT2D eigenvalue weighted by atomic mass is 9.96. The van der Waals surface area contributed by atoms with Crippen molar-refractivity contribution in [1.29, 1.82) is 0 Å². The number of nitrogens with one attached hydrogen (secondary N) is 2. The molecule has 1 fully saturated rings. The maximum Gasteiger partial charge on any atom is 0.326 e. The maximum absolute atomic E-state index is 13.3. The molecule has 0 radical (unpaired) electrons. The van der Waals surface area contributed by atoms with Crippen LogP contribution in [0.4, 0.5) is 0 Å². The Morgan fingerprint density at radius 3 is 2.18 bits per heavy atom. The Morgan fingerprint density at radius 2 is 1.62 bits per heavy atom. The van der Waals surface area contributed by atoms with Crippen LogP contribution in [0.3, 0.4) is 0 Å². The van der Waals surface area contributed by atoms with Crippen molar-refractivity contribution >= 4 is 23.7 Å². The van der Waals surface area contributed by atoms with E-state index in [-0.39, 0.29) is 5.92 Å². The minimum atomic E-state index is -1.05. The van der Waals surface area contributed by atoms with Crippen LogP contribution in [0.5, 0.6) is 0 Å². The zero-order chi connectivity index (χ0) is 25.7. The standard InChI is InChI=1S/C23H44N6O5/c1-3-15(2)19(22(32)29-14-8-11-18(29)23(33)34)28-21(31)17(10-5-7-13-25)27-20(30)16(26)9-4-6-12-24/h15-19H,3-14,24-26H2,1-2H3,(H,27,30)(H,28,31)(H,33,34). The summed E-state index contributed by atoms with van der Waals surface area (Å²) in [5.41, 5.74) is 17.1. The van der Waals surface area contributed by atoms with Gasteiger partial charge in [-0.25, -0.2) is 4.79 Å². The summed E-state index contributed by atoms with van der Waals surface area (Å²) < 4.78 is 0. The van der Waals surface area contributed by atoms with E-state index >= 15 is 0 Å². The van der Waals surface area contributed by atoms with Crippen molar-refractivity contribution in [1.82, 2.24) is 15.5 Å². The number of likely N-dealkylation sites (tertiary alicyclic amines) is 1. The molecular weight excluding hydrogens is 440 g/mol. The molecule has 0 bridgehead atoms. The van der Waals surface area contributed by atoms with Crippen LogP contribution < -0.4 is 27.8 Å². The van der Waals surface area contributed by atoms with Gasteiger partial charge in [0.05, 0.1) is 6.04 Å². The molecule has 0 aliphatic carbocycles. The van der Waals surface area contributed by atoms with E-state index < -0.39 is 47.9 Å². The number of amides is 3. The van der Waals surface area contributed by atoms with Crippen molar-refractivity contribution in [2.75, 3.05) is 19.6 Å². The number of carbonyl (C=O) groups excluding carboxylic acids is 3. The molecule has 11 heteroatoms. The van der Waals surface area contributed by atoms with Crippen LogP contribution >= 0.6 is 0 Å². The maximum atomic E-state index is 13.3. The number of hydrogen-bond donors (Lipinski definition) is 6. The first-order valence-electron chi connectivity index (χ1n) is 12.5. The molecule has 0 saturated carbocycles. The van der Waals surface area contributed by atoms with Gasteiger partial charge in [-0.1, -0.05) is 26.7 Å². The number of unbranched alkanes of at least 4 members (excludes halogenated alkanes) is 2. The Kier molecular flexibility index (Phi) is 13.7. The fraction of sp³-hybridized carbons (Fsp3) is 0.826. The molecule has 34 heavy (non-hydrogen) atoms. The predicted octanol–water partition coefficient (Wildman–Crippen LogP) is -0.337. The van der Waals surface area contributed by atoms with Gasteiger partial charge >= 0.3 is 5.97 Å². The Labute approximate surface area is 202 Å². The lowest BCUT2D eigenvalue weighted by Crippen LogP contribution is -2.58. The number of carboxylic acids is 1. The first-order chi connectivity index (χ1) is 16.2. The van der Waals surface area contributed by atoms with Crippen LogP contribution in [0.2, 0.25) is 0 Å². The van der Waals surface area contributed by atoms with Crippen LogP contribution in [0.15, 0.2) is 0 Å². The third-order valence-electron chi connectivity index (χ3n) is 6.48. The summed E-state index contributed by atoms with van der Waals surface area (Å²) in [7, 11) is 0. The summed E-state index contributed by atoms with van der Waals surface area (Å²) in [5, 5.41) is 15.0. The molecule has 1 heterocycles. The highest BCUT2D eigenvalue weighted by Crippen LogP contribution is 2.21. The SMILES string of the molecule is CCC(C)C(NC(=O)C(CCCCN)NC(=O)C(N)CCCCN)C(=O)N1CCCC1C(=O)O. The third kappa shape index (κ3) is 9.19. The molecule has 0 aromatic carbocycles. The minimum Gasteiger partial charge on any atom is -0.480 e. The number of aliphatic carboxylic acids is 1. The van der Waals surface area contributed by atoms with E-state index in [0.717, 1.165) is 6.42 Å². The van der Waals surface area contributed by atoms with Crippen LogP contribution in [0, 0.1) is 5.92 Å². The molecule has 0 aromatic rings. The van der Waals surface area contributed by atoms with Crippen LogP contribution in [0.25, 0.3) is 0 Å². The van der Waals surface area contributed by atoms with E-state index in [0.29, 0.717) is 71.0 Å². The van der Waals surface area contributed by atoms with Crippen molar-refractivity contribution in [3.8, 4) is 0 Å². The van der Waals surface area contributed by atoms with Gasteiger partial charge < -0.3 is 37.8 Å². The summed E-state index contributed by atoms with van der Waals surface area (Å²) in [4.78, 5) is 52.0. The second kappa shape index (κ2) is 15.6. The molecule has 5 unspecified atom stereocenters. The van der Waals surface area contributed by atoms with E-state index in [1.54, 1.807) is 0 Å². The normalized spacial score (nSPS) is 19.2. The van der Waals surface area contributed by atoms with Crippen molar-refractivity contribution in [2.24, 2.45) is 23.1 Å². The van der Waals surface area contributed by atoms with E-state index in [1.807, 2.05) is 13.8 Å². The van der Waals surface area contributed by atoms with E-state index in [4.69, 9.17) is 17.2 Å². The van der Waals surface area contributed by atoms with Crippen LogP contribution in [-0.2, 0) is 19.2 Å². The van der Waals surface area contributed by atoms with Gasteiger partial charge in [0.2, 0.25) is 17.7 Å². The minimum absolute atomic E-state index is 0.217. The molecule has 0 aromatic heterocycles. The quantitative estimate of drug-likeness (QED) is 0.160. The van der Waals surface area contributed by atoms with Gasteiger partial charge in [0.1, 0.15) is 18.1 Å². The largest absolute Gasteiger partial charge is 0.480 e. The van der Waals surface area contributed by atoms with Gasteiger partial charge in [-0.2, -0.15) is 0 Å². The third-order valence-corrected chi connectivity index (χ3v) is 6.48. The molecule has 9 N–H and O–H groups in total. The average molecular weight is 485 g/mol. The number of nitrogens with two attached hydrogens (primary N) is 3. The van der Waals surface area contributed by atoms with Gasteiger partial charge in [0.25, 0.3) is 0 Å². The van der Waals surface area contributed by atoms with Gasteiger partial charge in [-0.3, -0.25) is 14.4 Å². The Morgan fingerprint density at radius 1 is 1.00 bits per heavy atom. The zero-order valence-corrected chi connectivity index (χ0v) is 20.6. The van der Waals surface area contributed by atoms with Crippen molar-refractivity contribution in [3.05, 3.63) is 0 Å². The van der Waals surface area contributed by atoms with Gasteiger partial charge in [-0.05, 0) is 64.0 Å². The predicted molar refractivity (Wildman–Crippen MR) is 129 cm³/mol. The first kappa shape index (κ1) is 29.8. The Balaban J connectivity index is 2.95. The van der Waals surface area contributed by atoms with E-state index in [2.05, 4.69) is 10.6 Å². The van der Waals surface area contributed by atoms with Crippen LogP contribution in [-0.4, -0.2) is 77.5 Å². The molecule has 3 amide bonds. The zero-order valence-electron chi connectivity index (χ0n) is 20.6. The molecule has 1 rings (SSSR count). The fourth-order valence-electron chi connectivity index (χ4n) is 4.08. The lowest BCUT2D eigenvalue weighted by Gasteiger charge is -2.31. The number of carbonyl (C=O) groups is 4. The van der Waals surface area contributed by atoms with Crippen molar-refractivity contribution in [3.63, 3.8) is 0 Å². The summed E-state index contributed by atoms with van der Waals surface area (Å²) >= 11 is 0. The molecule has 196 valence electrons. The van der Waals surface area contributed by atoms with Crippen molar-refractivity contribution in [2.45, 2.75) is 95.8 Å². The second-order valence-electron chi connectivity index (χ2n) is 9.14. The summed E-state index contributed by atoms with van der Waals surface area (Å²) in [6.45, 7) is 5.05. The number of carboxylic acid groups (broad SMARTS) is 1. The molecule has 1 aliphatic heterocycles. The van der Waals surface area contributed by atoms with E-state index in [9.17, 15) is 24.3 Å². The molecule has 5 atom stereocenters. The number of rotatable bonds is 16. The average Bonchev–Trinajstić information content (AvgIpc) is 3.31. The first-order valence-corrected chi connectivity index (χ1v) is 12.5. The molecule has 0 spiro atoms. The van der Waals surface area contributed by atoms with Gasteiger partial charge in [-0.15, -0.1) is 0 Å². The Bertz CT molecular complexity index is 676. The number of hydrogen-bond acceptors (Lipinski definition) is 7. The summed E-state index contributed by atoms with van der Waals surface area (Å²) in [6.07, 6.45) is 5.18. The van der Waals surface area contributed by atoms with Gasteiger partial charge in [0.15, 0.2) is 0 Å². The number of nitrogens with zero attached hydrogens (tertiary/aromatic N) is 1. The molecular formula is C23H44N6O5. The second-order valence-corrected chi connectivity index (χ2v) is 9.14. The summed E-state index contributed by atoms with van der Waals surface area (Å²) in [6, 6.07) is -3.40. The topological polar surface area (TPSA) is 194 Å². The van der Waals surface area contributed by atoms with E-state index in [1.165, 1.54) is 4.90 Å². The Hall–Kier alpha value is -2.24. The van der Waals surface area contributed by atoms with Crippen molar-refractivity contribution < 1.29 is 24.3 Å². The summed E-state index contributed by atoms with van der Waals surface area (Å²) in [5.74, 6) is -2.58. The highest BCUT2D eigenvalue weighted by molar-refractivity contribution is 5.94. The highest BCUT2D eigenvalue weighted by Gasteiger charge is 2.39. The highest BCUT2D eigenvalue weighted by atomic mass is 16.4. The van der Waals surface area contributed by atoms with Crippen LogP contribution in [0.1, 0.15) is 71.6 Å². The lowest BCUT2D eigenvalue weighted by molar-refractivity contribution is -0.150.